The number of pyridine rings is 1. The summed E-state index contributed by atoms with van der Waals surface area (Å²) in [6, 6.07) is 19.2. The number of nitrogens with zero attached hydrogens (tertiary/aromatic N) is 2. The molecule has 7 nitrogen and oxygen atoms in total. The summed E-state index contributed by atoms with van der Waals surface area (Å²) >= 11 is 10.1. The van der Waals surface area contributed by atoms with Gasteiger partial charge in [-0.2, -0.15) is 0 Å². The summed E-state index contributed by atoms with van der Waals surface area (Å²) < 4.78 is 6.52. The Kier molecular flexibility index (Phi) is 8.95. The van der Waals surface area contributed by atoms with Crippen molar-refractivity contribution in [2.45, 2.75) is 46.1 Å². The Bertz CT molecular complexity index is 1910. The molecule has 3 aromatic carbocycles. The third-order valence-electron chi connectivity index (χ3n) is 8.89. The second-order valence-corrected chi connectivity index (χ2v) is 13.1. The van der Waals surface area contributed by atoms with Crippen LogP contribution < -0.4 is 4.90 Å². The molecule has 0 radical (unpaired) electrons. The lowest BCUT2D eigenvalue weighted by molar-refractivity contribution is -0.122. The monoisotopic (exact) mass is 698 g/mol. The van der Waals surface area contributed by atoms with Gasteiger partial charge in [-0.3, -0.25) is 19.3 Å². The number of aryl methyl sites for hydroxylation is 1. The first-order chi connectivity index (χ1) is 22.1. The highest BCUT2D eigenvalue weighted by Crippen LogP contribution is 2.41. The van der Waals surface area contributed by atoms with E-state index in [0.717, 1.165) is 0 Å². The van der Waals surface area contributed by atoms with Gasteiger partial charge in [0.1, 0.15) is 0 Å². The van der Waals surface area contributed by atoms with Crippen LogP contribution >= 0.6 is 27.5 Å². The van der Waals surface area contributed by atoms with E-state index in [0.29, 0.717) is 67.7 Å². The number of aromatic nitrogens is 1. The van der Waals surface area contributed by atoms with Crippen molar-refractivity contribution in [3.8, 4) is 11.3 Å². The Morgan fingerprint density at radius 1 is 1.07 bits per heavy atom. The summed E-state index contributed by atoms with van der Waals surface area (Å²) in [6.07, 6.45) is 4.59. The number of benzene rings is 3. The first kappa shape index (κ1) is 31.8. The van der Waals surface area contributed by atoms with Crippen LogP contribution in [0.5, 0.6) is 0 Å². The van der Waals surface area contributed by atoms with Crippen LogP contribution in [0.1, 0.15) is 59.4 Å². The van der Waals surface area contributed by atoms with Crippen molar-refractivity contribution in [1.29, 1.82) is 0 Å². The van der Waals surface area contributed by atoms with Crippen LogP contribution in [0.4, 0.5) is 5.69 Å². The van der Waals surface area contributed by atoms with E-state index in [1.54, 1.807) is 60.7 Å². The molecule has 1 saturated heterocycles. The van der Waals surface area contributed by atoms with Crippen molar-refractivity contribution in [3.05, 3.63) is 105 Å². The molecule has 0 bridgehead atoms. The van der Waals surface area contributed by atoms with Crippen LogP contribution in [0.3, 0.4) is 0 Å². The lowest BCUT2D eigenvalue weighted by Crippen LogP contribution is -2.31. The second kappa shape index (κ2) is 12.9. The fraction of sp³-hybridized carbons (Fsp3) is 0.270. The molecule has 4 atom stereocenters. The van der Waals surface area contributed by atoms with Gasteiger partial charge in [-0.25, -0.2) is 9.78 Å². The Morgan fingerprint density at radius 3 is 2.46 bits per heavy atom. The number of amides is 2. The Morgan fingerprint density at radius 2 is 1.78 bits per heavy atom. The first-order valence-electron chi connectivity index (χ1n) is 15.3. The maximum atomic E-state index is 13.9. The molecule has 2 heterocycles. The molecule has 1 aliphatic carbocycles. The van der Waals surface area contributed by atoms with Crippen LogP contribution in [0.25, 0.3) is 22.2 Å². The molecule has 9 heteroatoms. The quantitative estimate of drug-likeness (QED) is 0.0792. The number of Topliss-reactive ketones (excluding diaryl/α,β-unsaturated/α-hetero) is 1. The molecule has 0 spiro atoms. The number of ether oxygens (including phenoxy) is 1. The van der Waals surface area contributed by atoms with Gasteiger partial charge in [0.25, 0.3) is 0 Å². The molecule has 2 aliphatic rings. The van der Waals surface area contributed by atoms with Crippen molar-refractivity contribution in [1.82, 2.24) is 4.98 Å². The minimum atomic E-state index is -0.958. The predicted molar refractivity (Wildman–Crippen MR) is 182 cm³/mol. The lowest BCUT2D eigenvalue weighted by atomic mass is 9.78. The summed E-state index contributed by atoms with van der Waals surface area (Å²) in [5.74, 6) is -1.99. The molecule has 46 heavy (non-hydrogen) atoms. The SMILES string of the molecule is CCCC(OC(=O)c1cc(-c2ccc(N3C(=O)C4CC=CC(C)C4C3=O)cc2)nc2c(C)c(Cl)c(Br)cc12)C(=O)c1ccccc1. The number of imide groups is 1. The first-order valence-corrected chi connectivity index (χ1v) is 16.5. The Balaban J connectivity index is 1.37. The number of halogens is 2. The molecule has 6 rings (SSSR count). The predicted octanol–water partition coefficient (Wildman–Crippen LogP) is 8.54. The molecule has 4 unspecified atom stereocenters. The molecule has 1 aliphatic heterocycles. The van der Waals surface area contributed by atoms with Crippen LogP contribution in [-0.4, -0.2) is 34.7 Å². The molecule has 0 saturated carbocycles. The maximum Gasteiger partial charge on any atom is 0.339 e. The normalized spacial score (nSPS) is 19.8. The maximum absolute atomic E-state index is 13.9. The highest BCUT2D eigenvalue weighted by molar-refractivity contribution is 9.10. The summed E-state index contributed by atoms with van der Waals surface area (Å²) in [4.78, 5) is 59.9. The molecule has 1 fully saturated rings. The van der Waals surface area contributed by atoms with Gasteiger partial charge in [0.05, 0.1) is 39.3 Å². The third-order valence-corrected chi connectivity index (χ3v) is 10.2. The van der Waals surface area contributed by atoms with Crippen molar-refractivity contribution in [2.75, 3.05) is 4.90 Å². The topological polar surface area (TPSA) is 93.6 Å². The fourth-order valence-electron chi connectivity index (χ4n) is 6.45. The minimum absolute atomic E-state index is 0.00513. The van der Waals surface area contributed by atoms with Crippen LogP contribution in [0.15, 0.2) is 83.4 Å². The van der Waals surface area contributed by atoms with Gasteiger partial charge in [0.2, 0.25) is 17.6 Å². The van der Waals surface area contributed by atoms with E-state index in [1.165, 1.54) is 4.90 Å². The Labute approximate surface area is 280 Å². The fourth-order valence-corrected chi connectivity index (χ4v) is 7.12. The number of rotatable bonds is 8. The number of allylic oxidation sites excluding steroid dienone is 2. The largest absolute Gasteiger partial charge is 0.450 e. The van der Waals surface area contributed by atoms with Crippen LogP contribution in [0, 0.1) is 24.7 Å². The summed E-state index contributed by atoms with van der Waals surface area (Å²) in [5, 5.41) is 0.992. The number of hydrogen-bond acceptors (Lipinski definition) is 6. The zero-order valence-electron chi connectivity index (χ0n) is 25.6. The summed E-state index contributed by atoms with van der Waals surface area (Å²) in [7, 11) is 0. The smallest absolute Gasteiger partial charge is 0.339 e. The van der Waals surface area contributed by atoms with Crippen molar-refractivity contribution < 1.29 is 23.9 Å². The van der Waals surface area contributed by atoms with Gasteiger partial charge in [0.15, 0.2) is 6.10 Å². The highest BCUT2D eigenvalue weighted by Gasteiger charge is 2.50. The van der Waals surface area contributed by atoms with E-state index < -0.39 is 12.1 Å². The average Bonchev–Trinajstić information content (AvgIpc) is 3.33. The molecular formula is C37H32BrClN2O5. The zero-order valence-corrected chi connectivity index (χ0v) is 28.0. The van der Waals surface area contributed by atoms with E-state index in [4.69, 9.17) is 21.3 Å². The summed E-state index contributed by atoms with van der Waals surface area (Å²) in [6.45, 7) is 5.72. The van der Waals surface area contributed by atoms with Gasteiger partial charge in [-0.1, -0.05) is 86.5 Å². The summed E-state index contributed by atoms with van der Waals surface area (Å²) in [5.41, 5.74) is 3.52. The lowest BCUT2D eigenvalue weighted by Gasteiger charge is -2.22. The number of fused-ring (bicyclic) bond motifs is 2. The van der Waals surface area contributed by atoms with Gasteiger partial charge >= 0.3 is 5.97 Å². The number of carbonyl (C=O) groups excluding carboxylic acids is 4. The van der Waals surface area contributed by atoms with E-state index in [9.17, 15) is 19.2 Å². The van der Waals surface area contributed by atoms with Crippen molar-refractivity contribution in [3.63, 3.8) is 0 Å². The Hall–Kier alpha value is -4.14. The molecule has 234 valence electrons. The second-order valence-electron chi connectivity index (χ2n) is 11.9. The molecule has 4 aromatic rings. The molecular weight excluding hydrogens is 668 g/mol. The zero-order chi connectivity index (χ0) is 32.7. The van der Waals surface area contributed by atoms with Crippen molar-refractivity contribution >= 4 is 67.7 Å². The minimum Gasteiger partial charge on any atom is -0.450 e. The van der Waals surface area contributed by atoms with E-state index in [-0.39, 0.29) is 40.9 Å². The van der Waals surface area contributed by atoms with Gasteiger partial charge < -0.3 is 4.74 Å². The number of anilines is 1. The number of carbonyl (C=O) groups is 4. The standard InChI is InChI=1S/C37H32BrClN2O5/c1-4-9-30(34(42)23-11-6-5-7-12-23)46-37(45)27-19-29(40-33-21(3)32(39)28(38)18-26(27)33)22-14-16-24(17-15-22)41-35(43)25-13-8-10-20(2)31(25)36(41)44/h5-8,10-12,14-20,25,30-31H,4,9,13H2,1-3H3. The number of hydrogen-bond donors (Lipinski definition) is 0. The van der Waals surface area contributed by atoms with Crippen LogP contribution in [-0.2, 0) is 14.3 Å². The molecule has 1 aromatic heterocycles. The van der Waals surface area contributed by atoms with Gasteiger partial charge in [-0.15, -0.1) is 0 Å². The number of esters is 1. The third kappa shape index (κ3) is 5.69. The van der Waals surface area contributed by atoms with Gasteiger partial charge in [0, 0.05) is 21.0 Å². The highest BCUT2D eigenvalue weighted by atomic mass is 79.9. The average molecular weight is 700 g/mol. The van der Waals surface area contributed by atoms with E-state index in [2.05, 4.69) is 15.9 Å². The van der Waals surface area contributed by atoms with Crippen molar-refractivity contribution in [2.24, 2.45) is 17.8 Å². The van der Waals surface area contributed by atoms with Gasteiger partial charge in [-0.05, 0) is 71.4 Å². The number of ketones is 1. The van der Waals surface area contributed by atoms with E-state index in [1.807, 2.05) is 39.0 Å². The van der Waals surface area contributed by atoms with E-state index >= 15 is 0 Å². The molecule has 0 N–H and O–H groups in total. The van der Waals surface area contributed by atoms with Crippen LogP contribution in [0.2, 0.25) is 5.02 Å². The molecule has 2 amide bonds.